The van der Waals surface area contributed by atoms with Gasteiger partial charge < -0.3 is 20.3 Å². The topological polar surface area (TPSA) is 102 Å². The lowest BCUT2D eigenvalue weighted by atomic mass is 10.0. The molecule has 4 heterocycles. The van der Waals surface area contributed by atoms with E-state index in [0.717, 1.165) is 48.7 Å². The second-order valence-electron chi connectivity index (χ2n) is 9.61. The van der Waals surface area contributed by atoms with E-state index in [4.69, 9.17) is 4.74 Å². The fourth-order valence-corrected chi connectivity index (χ4v) is 4.99. The number of benzene rings is 1. The predicted molar refractivity (Wildman–Crippen MR) is 134 cm³/mol. The molecule has 3 aromatic heterocycles. The summed E-state index contributed by atoms with van der Waals surface area (Å²) in [6.07, 6.45) is 10.5. The van der Waals surface area contributed by atoms with Crippen molar-refractivity contribution in [3.8, 4) is 5.88 Å². The molecule has 2 fully saturated rings. The number of methoxy groups -OCH3 is 1. The molecular weight excluding hydrogens is 444 g/mol. The average molecular weight is 475 g/mol. The van der Waals surface area contributed by atoms with Gasteiger partial charge in [0, 0.05) is 61.9 Å². The van der Waals surface area contributed by atoms with E-state index in [-0.39, 0.29) is 5.91 Å². The number of hydrogen-bond acceptors (Lipinski definition) is 7. The van der Waals surface area contributed by atoms with Gasteiger partial charge in [-0.3, -0.25) is 13.9 Å². The van der Waals surface area contributed by atoms with Crippen molar-refractivity contribution in [2.45, 2.75) is 44.7 Å². The number of imidazole rings is 1. The molecule has 2 aliphatic rings. The molecule has 0 atom stereocenters. The zero-order valence-corrected chi connectivity index (χ0v) is 20.3. The van der Waals surface area contributed by atoms with Crippen LogP contribution < -0.4 is 20.3 Å². The van der Waals surface area contributed by atoms with Gasteiger partial charge in [-0.15, -0.1) is 0 Å². The van der Waals surface area contributed by atoms with E-state index in [1.807, 2.05) is 38.5 Å². The highest BCUT2D eigenvalue weighted by molar-refractivity contribution is 6.14. The van der Waals surface area contributed by atoms with Crippen molar-refractivity contribution in [1.82, 2.24) is 29.5 Å². The Morgan fingerprint density at radius 1 is 1.06 bits per heavy atom. The molecular formula is C25H30N8O2. The van der Waals surface area contributed by atoms with E-state index in [1.54, 1.807) is 15.3 Å². The number of carbonyl (C=O) groups excluding carboxylic acids is 1. The van der Waals surface area contributed by atoms with E-state index in [2.05, 4.69) is 30.6 Å². The Labute approximate surface area is 203 Å². The average Bonchev–Trinajstić information content (AvgIpc) is 3.45. The quantitative estimate of drug-likeness (QED) is 0.443. The fraction of sp³-hybridized carbons (Fsp3) is 0.440. The third-order valence-corrected chi connectivity index (χ3v) is 6.87. The molecule has 10 heteroatoms. The number of hydrogen-bond donors (Lipinski definition) is 2. The second kappa shape index (κ2) is 8.53. The molecule has 6 rings (SSSR count). The summed E-state index contributed by atoms with van der Waals surface area (Å²) in [5.41, 5.74) is 3.64. The largest absolute Gasteiger partial charge is 0.479 e. The Kier molecular flexibility index (Phi) is 5.32. The number of carbonyl (C=O) groups is 1. The normalized spacial score (nSPS) is 16.8. The lowest BCUT2D eigenvalue weighted by Crippen LogP contribution is -2.43. The van der Waals surface area contributed by atoms with Gasteiger partial charge in [0.15, 0.2) is 0 Å². The van der Waals surface area contributed by atoms with Crippen molar-refractivity contribution < 1.29 is 9.53 Å². The first kappa shape index (κ1) is 21.8. The molecule has 1 aromatic carbocycles. The van der Waals surface area contributed by atoms with Gasteiger partial charge in [-0.05, 0) is 44.7 Å². The van der Waals surface area contributed by atoms with Crippen LogP contribution in [0.3, 0.4) is 0 Å². The van der Waals surface area contributed by atoms with Crippen LogP contribution in [0.1, 0.15) is 41.7 Å². The molecule has 0 radical (unpaired) electrons. The molecule has 10 nitrogen and oxygen atoms in total. The summed E-state index contributed by atoms with van der Waals surface area (Å²) in [6, 6.07) is 5.26. The Morgan fingerprint density at radius 2 is 1.83 bits per heavy atom. The smallest absolute Gasteiger partial charge is 0.258 e. The Balaban J connectivity index is 1.27. The SMILES string of the molecule is COc1nc2nc(C)cn2cc1NC(=O)c1ccc(N2CCC(NC3CC3)CC2)c2cn(C)nc12. The minimum atomic E-state index is -0.260. The minimum absolute atomic E-state index is 0.260. The molecule has 0 unspecified atom stereocenters. The molecule has 1 saturated carbocycles. The first-order valence-corrected chi connectivity index (χ1v) is 12.2. The van der Waals surface area contributed by atoms with E-state index in [0.29, 0.717) is 34.5 Å². The number of anilines is 2. The highest BCUT2D eigenvalue weighted by Crippen LogP contribution is 2.32. The molecule has 2 N–H and O–H groups in total. The summed E-state index contributed by atoms with van der Waals surface area (Å²) in [5.74, 6) is 0.571. The van der Waals surface area contributed by atoms with Crippen LogP contribution in [0.15, 0.2) is 30.7 Å². The molecule has 1 amide bonds. The molecule has 0 spiro atoms. The van der Waals surface area contributed by atoms with Crippen LogP contribution in [0.4, 0.5) is 11.4 Å². The van der Waals surface area contributed by atoms with E-state index in [1.165, 1.54) is 20.0 Å². The number of piperidine rings is 1. The Morgan fingerprint density at radius 3 is 2.57 bits per heavy atom. The first-order valence-electron chi connectivity index (χ1n) is 12.2. The van der Waals surface area contributed by atoms with Gasteiger partial charge in [0.1, 0.15) is 11.2 Å². The van der Waals surface area contributed by atoms with Crippen molar-refractivity contribution in [1.29, 1.82) is 0 Å². The van der Waals surface area contributed by atoms with Crippen LogP contribution in [0.2, 0.25) is 0 Å². The summed E-state index contributed by atoms with van der Waals surface area (Å²) in [5, 5.41) is 12.4. The number of amides is 1. The van der Waals surface area contributed by atoms with Crippen molar-refractivity contribution >= 4 is 34.0 Å². The van der Waals surface area contributed by atoms with Gasteiger partial charge >= 0.3 is 0 Å². The number of ether oxygens (including phenoxy) is 1. The number of fused-ring (bicyclic) bond motifs is 2. The number of nitrogens with zero attached hydrogens (tertiary/aromatic N) is 6. The summed E-state index contributed by atoms with van der Waals surface area (Å²) >= 11 is 0. The summed E-state index contributed by atoms with van der Waals surface area (Å²) in [6.45, 7) is 3.88. The maximum Gasteiger partial charge on any atom is 0.258 e. The zero-order chi connectivity index (χ0) is 24.1. The fourth-order valence-electron chi connectivity index (χ4n) is 4.99. The van der Waals surface area contributed by atoms with E-state index < -0.39 is 0 Å². The van der Waals surface area contributed by atoms with Crippen molar-refractivity contribution in [2.24, 2.45) is 7.05 Å². The maximum absolute atomic E-state index is 13.4. The van der Waals surface area contributed by atoms with Gasteiger partial charge in [-0.1, -0.05) is 0 Å². The minimum Gasteiger partial charge on any atom is -0.479 e. The van der Waals surface area contributed by atoms with Crippen LogP contribution in [0.5, 0.6) is 5.88 Å². The highest BCUT2D eigenvalue weighted by Gasteiger charge is 2.28. The summed E-state index contributed by atoms with van der Waals surface area (Å²) in [7, 11) is 3.42. The Bertz CT molecular complexity index is 1410. The van der Waals surface area contributed by atoms with Crippen molar-refractivity contribution in [2.75, 3.05) is 30.4 Å². The third-order valence-electron chi connectivity index (χ3n) is 6.87. The molecule has 0 bridgehead atoms. The molecule has 4 aromatic rings. The van der Waals surface area contributed by atoms with Gasteiger partial charge in [-0.2, -0.15) is 10.1 Å². The van der Waals surface area contributed by atoms with Crippen LogP contribution >= 0.6 is 0 Å². The number of aryl methyl sites for hydroxylation is 2. The van der Waals surface area contributed by atoms with E-state index in [9.17, 15) is 4.79 Å². The van der Waals surface area contributed by atoms with Gasteiger partial charge in [0.05, 0.1) is 18.4 Å². The number of rotatable bonds is 6. The van der Waals surface area contributed by atoms with Crippen molar-refractivity contribution in [3.05, 3.63) is 42.0 Å². The lowest BCUT2D eigenvalue weighted by molar-refractivity contribution is 0.102. The highest BCUT2D eigenvalue weighted by atomic mass is 16.5. The Hall–Kier alpha value is -3.66. The van der Waals surface area contributed by atoms with Crippen LogP contribution in [-0.4, -0.2) is 62.3 Å². The second-order valence-corrected chi connectivity index (χ2v) is 9.61. The van der Waals surface area contributed by atoms with Gasteiger partial charge in [0.25, 0.3) is 5.91 Å². The van der Waals surface area contributed by atoms with Gasteiger partial charge in [-0.25, -0.2) is 4.98 Å². The number of aromatic nitrogens is 5. The molecule has 182 valence electrons. The summed E-state index contributed by atoms with van der Waals surface area (Å²) in [4.78, 5) is 24.6. The van der Waals surface area contributed by atoms with Crippen LogP contribution in [-0.2, 0) is 7.05 Å². The van der Waals surface area contributed by atoms with Gasteiger partial charge in [0.2, 0.25) is 11.7 Å². The van der Waals surface area contributed by atoms with Crippen LogP contribution in [0, 0.1) is 6.92 Å². The van der Waals surface area contributed by atoms with Crippen molar-refractivity contribution in [3.63, 3.8) is 0 Å². The molecule has 1 aliphatic heterocycles. The monoisotopic (exact) mass is 474 g/mol. The molecule has 1 aliphatic carbocycles. The number of nitrogens with one attached hydrogen (secondary N) is 2. The standard InChI is InChI=1S/C25H30N8O2/c1-15-12-33-14-20(24(35-3)29-25(33)26-15)28-23(34)18-6-7-21(19-13-31(2)30-22(18)19)32-10-8-17(9-11-32)27-16-4-5-16/h6-7,12-14,16-17,27H,4-5,8-11H2,1-3H3,(H,28,34). The third kappa shape index (κ3) is 4.18. The maximum atomic E-state index is 13.4. The zero-order valence-electron chi connectivity index (χ0n) is 20.3. The van der Waals surface area contributed by atoms with E-state index >= 15 is 0 Å². The predicted octanol–water partition coefficient (Wildman–Crippen LogP) is 2.91. The summed E-state index contributed by atoms with van der Waals surface area (Å²) < 4.78 is 8.96. The lowest BCUT2D eigenvalue weighted by Gasteiger charge is -2.34. The van der Waals surface area contributed by atoms with Crippen LogP contribution in [0.25, 0.3) is 16.7 Å². The molecule has 35 heavy (non-hydrogen) atoms. The molecule has 1 saturated heterocycles. The first-order chi connectivity index (χ1) is 17.0.